The van der Waals surface area contributed by atoms with E-state index in [9.17, 15) is 9.59 Å². The van der Waals surface area contributed by atoms with Crippen LogP contribution in [0.1, 0.15) is 64.2 Å². The zero-order chi connectivity index (χ0) is 18.4. The quantitative estimate of drug-likeness (QED) is 0.322. The molecule has 2 saturated carbocycles. The molecule has 0 aromatic rings. The minimum Gasteiger partial charge on any atom is -0.465 e. The lowest BCUT2D eigenvalue weighted by molar-refractivity contribution is -0.183. The van der Waals surface area contributed by atoms with Gasteiger partial charge in [-0.15, -0.1) is 0 Å². The number of hydrogen-bond acceptors (Lipinski definition) is 5. The van der Waals surface area contributed by atoms with Crippen LogP contribution in [-0.4, -0.2) is 37.4 Å². The predicted octanol–water partition coefficient (Wildman–Crippen LogP) is 3.87. The molecule has 1 aliphatic heterocycles. The molecule has 144 valence electrons. The minimum absolute atomic E-state index is 0.141. The summed E-state index contributed by atoms with van der Waals surface area (Å²) in [5, 5.41) is 0. The average molecular weight is 362 g/mol. The van der Waals surface area contributed by atoms with Crippen LogP contribution < -0.4 is 0 Å². The summed E-state index contributed by atoms with van der Waals surface area (Å²) in [7, 11) is 1.31. The van der Waals surface area contributed by atoms with Gasteiger partial charge in [0.15, 0.2) is 11.6 Å². The molecule has 0 amide bonds. The van der Waals surface area contributed by atoms with E-state index in [0.29, 0.717) is 6.61 Å². The number of ether oxygens (including phenoxy) is 3. The standard InChI is InChI=1S/C21H30O5/c1-24-20(23)18(14-16-8-4-2-5-9-16)19(22)11-10-17-15-25-21(26-17)12-6-3-7-13-21/h10-11,14,16-17H,2-9,12-13,15H2,1H3/b11-10-,18-14+/t17-/m0/s1. The first-order valence-corrected chi connectivity index (χ1v) is 9.96. The molecule has 2 aliphatic carbocycles. The summed E-state index contributed by atoms with van der Waals surface area (Å²) in [4.78, 5) is 24.7. The largest absolute Gasteiger partial charge is 0.465 e. The Balaban J connectivity index is 1.62. The van der Waals surface area contributed by atoms with Gasteiger partial charge in [-0.2, -0.15) is 0 Å². The second-order valence-corrected chi connectivity index (χ2v) is 7.63. The van der Waals surface area contributed by atoms with Crippen molar-refractivity contribution in [2.75, 3.05) is 13.7 Å². The summed E-state index contributed by atoms with van der Waals surface area (Å²) in [6.07, 6.45) is 15.6. The number of allylic oxidation sites excluding steroid dienone is 2. The van der Waals surface area contributed by atoms with E-state index in [-0.39, 0.29) is 23.4 Å². The first-order chi connectivity index (χ1) is 12.6. The van der Waals surface area contributed by atoms with Gasteiger partial charge in [-0.1, -0.05) is 31.8 Å². The number of esters is 1. The van der Waals surface area contributed by atoms with Gasteiger partial charge < -0.3 is 14.2 Å². The first-order valence-electron chi connectivity index (χ1n) is 9.96. The highest BCUT2D eigenvalue weighted by molar-refractivity contribution is 6.21. The van der Waals surface area contributed by atoms with Crippen molar-refractivity contribution in [3.8, 4) is 0 Å². The predicted molar refractivity (Wildman–Crippen MR) is 97.5 cm³/mol. The number of methoxy groups -OCH3 is 1. The lowest BCUT2D eigenvalue weighted by Gasteiger charge is -2.31. The van der Waals surface area contributed by atoms with Crippen molar-refractivity contribution in [3.05, 3.63) is 23.8 Å². The number of carbonyl (C=O) groups excluding carboxylic acids is 2. The van der Waals surface area contributed by atoms with Gasteiger partial charge in [0.2, 0.25) is 0 Å². The molecule has 3 fully saturated rings. The SMILES string of the molecule is COC(=O)/C(=C/C1CCCCC1)C(=O)/C=C\[C@H]1COC2(CCCCC2)O1. The summed E-state index contributed by atoms with van der Waals surface area (Å²) in [5.74, 6) is -1.04. The van der Waals surface area contributed by atoms with Crippen molar-refractivity contribution < 1.29 is 23.8 Å². The summed E-state index contributed by atoms with van der Waals surface area (Å²) in [6.45, 7) is 0.462. The zero-order valence-corrected chi connectivity index (χ0v) is 15.7. The van der Waals surface area contributed by atoms with E-state index in [1.165, 1.54) is 26.0 Å². The maximum Gasteiger partial charge on any atom is 0.341 e. The van der Waals surface area contributed by atoms with Crippen LogP contribution >= 0.6 is 0 Å². The van der Waals surface area contributed by atoms with E-state index in [1.54, 1.807) is 6.08 Å². The lowest BCUT2D eigenvalue weighted by Crippen LogP contribution is -2.33. The third kappa shape index (κ3) is 4.83. The first kappa shape index (κ1) is 19.3. The van der Waals surface area contributed by atoms with Crippen LogP contribution in [0.2, 0.25) is 0 Å². The van der Waals surface area contributed by atoms with Crippen LogP contribution in [0.25, 0.3) is 0 Å². The number of ketones is 1. The summed E-state index contributed by atoms with van der Waals surface area (Å²) in [5.41, 5.74) is 0.141. The molecule has 5 heteroatoms. The Morgan fingerprint density at radius 2 is 1.73 bits per heavy atom. The van der Waals surface area contributed by atoms with Crippen LogP contribution in [0.4, 0.5) is 0 Å². The third-order valence-electron chi connectivity index (χ3n) is 5.68. The summed E-state index contributed by atoms with van der Waals surface area (Å²) >= 11 is 0. The van der Waals surface area contributed by atoms with E-state index in [4.69, 9.17) is 14.2 Å². The fourth-order valence-corrected chi connectivity index (χ4v) is 4.21. The zero-order valence-electron chi connectivity index (χ0n) is 15.7. The molecule has 0 N–H and O–H groups in total. The van der Waals surface area contributed by atoms with Gasteiger partial charge in [-0.25, -0.2) is 4.79 Å². The highest BCUT2D eigenvalue weighted by atomic mass is 16.7. The Kier molecular flexibility index (Phi) is 6.65. The van der Waals surface area contributed by atoms with Crippen LogP contribution in [-0.2, 0) is 23.8 Å². The van der Waals surface area contributed by atoms with Gasteiger partial charge in [0.25, 0.3) is 0 Å². The summed E-state index contributed by atoms with van der Waals surface area (Å²) in [6, 6.07) is 0. The van der Waals surface area contributed by atoms with Crippen molar-refractivity contribution >= 4 is 11.8 Å². The molecule has 1 atom stereocenters. The van der Waals surface area contributed by atoms with Crippen molar-refractivity contribution in [2.45, 2.75) is 76.1 Å². The Hall–Kier alpha value is -1.46. The van der Waals surface area contributed by atoms with Gasteiger partial charge in [0, 0.05) is 12.8 Å². The smallest absolute Gasteiger partial charge is 0.341 e. The van der Waals surface area contributed by atoms with Crippen LogP contribution in [0.3, 0.4) is 0 Å². The maximum absolute atomic E-state index is 12.6. The molecule has 1 heterocycles. The van der Waals surface area contributed by atoms with E-state index in [2.05, 4.69) is 0 Å². The topological polar surface area (TPSA) is 61.8 Å². The molecule has 1 spiro atoms. The van der Waals surface area contributed by atoms with Crippen LogP contribution in [0.15, 0.2) is 23.8 Å². The highest BCUT2D eigenvalue weighted by Gasteiger charge is 2.41. The van der Waals surface area contributed by atoms with Gasteiger partial charge in [0.1, 0.15) is 11.7 Å². The number of rotatable bonds is 5. The maximum atomic E-state index is 12.6. The highest BCUT2D eigenvalue weighted by Crippen LogP contribution is 2.38. The van der Waals surface area contributed by atoms with Gasteiger partial charge in [-0.05, 0) is 43.8 Å². The normalized spacial score (nSPS) is 27.1. The average Bonchev–Trinajstić information content (AvgIpc) is 3.07. The van der Waals surface area contributed by atoms with E-state index < -0.39 is 11.8 Å². The fraction of sp³-hybridized carbons (Fsp3) is 0.714. The van der Waals surface area contributed by atoms with Crippen molar-refractivity contribution in [2.24, 2.45) is 5.92 Å². The molecule has 0 aromatic heterocycles. The van der Waals surface area contributed by atoms with Crippen LogP contribution in [0, 0.1) is 5.92 Å². The monoisotopic (exact) mass is 362 g/mol. The van der Waals surface area contributed by atoms with Crippen molar-refractivity contribution in [3.63, 3.8) is 0 Å². The van der Waals surface area contributed by atoms with Gasteiger partial charge in [0.05, 0.1) is 13.7 Å². The Labute approximate surface area is 155 Å². The lowest BCUT2D eigenvalue weighted by atomic mass is 9.87. The summed E-state index contributed by atoms with van der Waals surface area (Å²) < 4.78 is 16.8. The Bertz CT molecular complexity index is 565. The molecular formula is C21H30O5. The van der Waals surface area contributed by atoms with Gasteiger partial charge in [-0.3, -0.25) is 4.79 Å². The molecular weight excluding hydrogens is 332 g/mol. The third-order valence-corrected chi connectivity index (χ3v) is 5.68. The minimum atomic E-state index is -0.558. The molecule has 5 nitrogen and oxygen atoms in total. The molecule has 0 bridgehead atoms. The molecule has 0 unspecified atom stereocenters. The van der Waals surface area contributed by atoms with E-state index in [1.807, 2.05) is 6.08 Å². The molecule has 0 aromatic carbocycles. The molecule has 1 saturated heterocycles. The Morgan fingerprint density at radius 3 is 2.42 bits per heavy atom. The van der Waals surface area contributed by atoms with E-state index >= 15 is 0 Å². The number of hydrogen-bond donors (Lipinski definition) is 0. The van der Waals surface area contributed by atoms with E-state index in [0.717, 1.165) is 51.4 Å². The van der Waals surface area contributed by atoms with Crippen molar-refractivity contribution in [1.82, 2.24) is 0 Å². The Morgan fingerprint density at radius 1 is 1.04 bits per heavy atom. The molecule has 26 heavy (non-hydrogen) atoms. The van der Waals surface area contributed by atoms with Crippen molar-refractivity contribution in [1.29, 1.82) is 0 Å². The second kappa shape index (κ2) is 8.96. The molecule has 3 rings (SSSR count). The number of carbonyl (C=O) groups is 2. The fourth-order valence-electron chi connectivity index (χ4n) is 4.21. The van der Waals surface area contributed by atoms with Gasteiger partial charge >= 0.3 is 5.97 Å². The molecule has 3 aliphatic rings. The van der Waals surface area contributed by atoms with Crippen LogP contribution in [0.5, 0.6) is 0 Å². The second-order valence-electron chi connectivity index (χ2n) is 7.63. The molecule has 0 radical (unpaired) electrons.